The first-order valence-electron chi connectivity index (χ1n) is 7.47. The van der Waals surface area contributed by atoms with Crippen LogP contribution in [-0.4, -0.2) is 31.1 Å². The maximum absolute atomic E-state index is 13.0. The summed E-state index contributed by atoms with van der Waals surface area (Å²) in [5, 5.41) is 6.98. The Morgan fingerprint density at radius 2 is 1.65 bits per heavy atom. The summed E-state index contributed by atoms with van der Waals surface area (Å²) < 4.78 is 49.4. The highest BCUT2D eigenvalue weighted by Crippen LogP contribution is 2.14. The Labute approximate surface area is 146 Å². The second kappa shape index (κ2) is 8.32. The van der Waals surface area contributed by atoms with E-state index in [-0.39, 0.29) is 17.8 Å². The molecular weight excluding hydrogens is 354 g/mol. The highest BCUT2D eigenvalue weighted by molar-refractivity contribution is 5.96. The topological polar surface area (TPSA) is 70.2 Å². The standard InChI is InChI=1S/C17H15F4N3O2/c18-12-4-2-6-14(8-12)24-15(25)9-22-13-5-1-3-11(7-13)16(26)23-10-17(19,20)21/h1-8,22H,9-10H2,(H,23,26)(H,24,25). The summed E-state index contributed by atoms with van der Waals surface area (Å²) in [6.45, 7) is -1.61. The summed E-state index contributed by atoms with van der Waals surface area (Å²) in [6, 6.07) is 11.1. The predicted molar refractivity (Wildman–Crippen MR) is 88.3 cm³/mol. The lowest BCUT2D eigenvalue weighted by molar-refractivity contribution is -0.123. The first-order chi connectivity index (χ1) is 12.2. The predicted octanol–water partition coefficient (Wildman–Crippen LogP) is 3.17. The highest BCUT2D eigenvalue weighted by Gasteiger charge is 2.27. The Balaban J connectivity index is 1.89. The van der Waals surface area contributed by atoms with Crippen molar-refractivity contribution in [2.45, 2.75) is 6.18 Å². The first kappa shape index (κ1) is 19.2. The van der Waals surface area contributed by atoms with E-state index < -0.39 is 30.4 Å². The third kappa shape index (κ3) is 6.42. The molecule has 2 amide bonds. The van der Waals surface area contributed by atoms with E-state index in [0.717, 1.165) is 6.07 Å². The molecule has 0 aliphatic rings. The Morgan fingerprint density at radius 3 is 2.35 bits per heavy atom. The monoisotopic (exact) mass is 369 g/mol. The molecule has 0 aliphatic carbocycles. The number of nitrogens with one attached hydrogen (secondary N) is 3. The largest absolute Gasteiger partial charge is 0.405 e. The highest BCUT2D eigenvalue weighted by atomic mass is 19.4. The summed E-state index contributed by atoms with van der Waals surface area (Å²) in [7, 11) is 0. The Hall–Kier alpha value is -3.10. The van der Waals surface area contributed by atoms with Gasteiger partial charge in [0, 0.05) is 16.9 Å². The molecule has 2 aromatic rings. The van der Waals surface area contributed by atoms with Gasteiger partial charge in [0.2, 0.25) is 5.91 Å². The van der Waals surface area contributed by atoms with Crippen LogP contribution in [0.1, 0.15) is 10.4 Å². The SMILES string of the molecule is O=C(CNc1cccc(C(=O)NCC(F)(F)F)c1)Nc1cccc(F)c1. The normalized spacial score (nSPS) is 10.9. The molecule has 26 heavy (non-hydrogen) atoms. The number of anilines is 2. The van der Waals surface area contributed by atoms with Gasteiger partial charge in [0.05, 0.1) is 6.54 Å². The summed E-state index contributed by atoms with van der Waals surface area (Å²) in [6.07, 6.45) is -4.50. The van der Waals surface area contributed by atoms with Crippen LogP contribution in [0.25, 0.3) is 0 Å². The number of halogens is 4. The summed E-state index contributed by atoms with van der Waals surface area (Å²) >= 11 is 0. The second-order valence-corrected chi connectivity index (χ2v) is 5.29. The van der Waals surface area contributed by atoms with Gasteiger partial charge in [-0.25, -0.2) is 4.39 Å². The van der Waals surface area contributed by atoms with Crippen molar-refractivity contribution in [3.05, 3.63) is 59.9 Å². The lowest BCUT2D eigenvalue weighted by Gasteiger charge is -2.11. The lowest BCUT2D eigenvalue weighted by Crippen LogP contribution is -2.33. The second-order valence-electron chi connectivity index (χ2n) is 5.29. The van der Waals surface area contributed by atoms with E-state index in [9.17, 15) is 27.2 Å². The number of amides is 2. The van der Waals surface area contributed by atoms with Gasteiger partial charge >= 0.3 is 6.18 Å². The first-order valence-corrected chi connectivity index (χ1v) is 7.47. The molecule has 0 spiro atoms. The summed E-state index contributed by atoms with van der Waals surface area (Å²) in [5.74, 6) is -1.83. The van der Waals surface area contributed by atoms with Gasteiger partial charge < -0.3 is 16.0 Å². The molecule has 0 atom stereocenters. The Morgan fingerprint density at radius 1 is 0.962 bits per heavy atom. The number of hydrogen-bond donors (Lipinski definition) is 3. The van der Waals surface area contributed by atoms with Crippen LogP contribution < -0.4 is 16.0 Å². The molecule has 0 aromatic heterocycles. The van der Waals surface area contributed by atoms with Gasteiger partial charge in [0.25, 0.3) is 5.91 Å². The van der Waals surface area contributed by atoms with E-state index in [4.69, 9.17) is 0 Å². The van der Waals surface area contributed by atoms with Crippen molar-refractivity contribution in [1.29, 1.82) is 0 Å². The molecule has 0 saturated carbocycles. The minimum Gasteiger partial charge on any atom is -0.376 e. The third-order valence-electron chi connectivity index (χ3n) is 3.14. The van der Waals surface area contributed by atoms with E-state index in [0.29, 0.717) is 5.69 Å². The third-order valence-corrected chi connectivity index (χ3v) is 3.14. The van der Waals surface area contributed by atoms with Crippen LogP contribution in [0.5, 0.6) is 0 Å². The van der Waals surface area contributed by atoms with Crippen molar-refractivity contribution in [3.63, 3.8) is 0 Å². The molecule has 138 valence electrons. The summed E-state index contributed by atoms with van der Waals surface area (Å²) in [5.41, 5.74) is 0.681. The maximum Gasteiger partial charge on any atom is 0.405 e. The number of carbonyl (C=O) groups is 2. The fraction of sp³-hybridized carbons (Fsp3) is 0.176. The van der Waals surface area contributed by atoms with Crippen LogP contribution in [0.15, 0.2) is 48.5 Å². The van der Waals surface area contributed by atoms with E-state index >= 15 is 0 Å². The molecule has 0 fully saturated rings. The zero-order valence-corrected chi connectivity index (χ0v) is 13.4. The van der Waals surface area contributed by atoms with E-state index in [2.05, 4.69) is 10.6 Å². The molecule has 9 heteroatoms. The van der Waals surface area contributed by atoms with Crippen molar-refractivity contribution in [2.24, 2.45) is 0 Å². The van der Waals surface area contributed by atoms with Crippen molar-refractivity contribution in [1.82, 2.24) is 5.32 Å². The Bertz CT molecular complexity index is 794. The van der Waals surface area contributed by atoms with E-state index in [1.807, 2.05) is 0 Å². The number of benzene rings is 2. The van der Waals surface area contributed by atoms with Crippen molar-refractivity contribution < 1.29 is 27.2 Å². The molecule has 0 bridgehead atoms. The zero-order valence-electron chi connectivity index (χ0n) is 13.4. The molecule has 0 saturated heterocycles. The van der Waals surface area contributed by atoms with Crippen LogP contribution in [0.4, 0.5) is 28.9 Å². The minimum atomic E-state index is -4.50. The van der Waals surface area contributed by atoms with Gasteiger partial charge in [-0.1, -0.05) is 12.1 Å². The molecular formula is C17H15F4N3O2. The molecule has 0 heterocycles. The minimum absolute atomic E-state index is 0.0183. The maximum atomic E-state index is 13.0. The van der Waals surface area contributed by atoms with Gasteiger partial charge in [-0.2, -0.15) is 13.2 Å². The number of rotatable bonds is 6. The average Bonchev–Trinajstić information content (AvgIpc) is 2.57. The van der Waals surface area contributed by atoms with Crippen LogP contribution in [0.2, 0.25) is 0 Å². The van der Waals surface area contributed by atoms with Gasteiger partial charge in [-0.3, -0.25) is 9.59 Å². The molecule has 2 aromatic carbocycles. The van der Waals surface area contributed by atoms with E-state index in [1.165, 1.54) is 36.4 Å². The molecule has 2 rings (SSSR count). The molecule has 0 radical (unpaired) electrons. The fourth-order valence-electron chi connectivity index (χ4n) is 2.01. The van der Waals surface area contributed by atoms with Gasteiger partial charge in [0.1, 0.15) is 12.4 Å². The van der Waals surface area contributed by atoms with Crippen molar-refractivity contribution in [2.75, 3.05) is 23.7 Å². The van der Waals surface area contributed by atoms with Gasteiger partial charge in [-0.05, 0) is 36.4 Å². The quantitative estimate of drug-likeness (QED) is 0.685. The van der Waals surface area contributed by atoms with Crippen LogP contribution in [0.3, 0.4) is 0 Å². The molecule has 5 nitrogen and oxygen atoms in total. The van der Waals surface area contributed by atoms with Gasteiger partial charge in [-0.15, -0.1) is 0 Å². The zero-order chi connectivity index (χ0) is 19.2. The number of alkyl halides is 3. The number of hydrogen-bond acceptors (Lipinski definition) is 3. The fourth-order valence-corrected chi connectivity index (χ4v) is 2.01. The van der Waals surface area contributed by atoms with Crippen molar-refractivity contribution >= 4 is 23.2 Å². The van der Waals surface area contributed by atoms with Gasteiger partial charge in [0.15, 0.2) is 0 Å². The van der Waals surface area contributed by atoms with Crippen LogP contribution in [-0.2, 0) is 4.79 Å². The van der Waals surface area contributed by atoms with Crippen LogP contribution in [0, 0.1) is 5.82 Å². The molecule has 0 aliphatic heterocycles. The summed E-state index contributed by atoms with van der Waals surface area (Å²) in [4.78, 5) is 23.5. The smallest absolute Gasteiger partial charge is 0.376 e. The average molecular weight is 369 g/mol. The molecule has 0 unspecified atom stereocenters. The van der Waals surface area contributed by atoms with Crippen LogP contribution >= 0.6 is 0 Å². The van der Waals surface area contributed by atoms with Crippen molar-refractivity contribution in [3.8, 4) is 0 Å². The number of carbonyl (C=O) groups excluding carboxylic acids is 2. The lowest BCUT2D eigenvalue weighted by atomic mass is 10.2. The Kier molecular flexibility index (Phi) is 6.16. The van der Waals surface area contributed by atoms with E-state index in [1.54, 1.807) is 11.4 Å². The molecule has 3 N–H and O–H groups in total.